The molecule has 0 rings (SSSR count). The fraction of sp³-hybridized carbons (Fsp3) is 1.00. The topological polar surface area (TPSA) is 156 Å². The second kappa shape index (κ2) is 34.6. The average Bonchev–Trinajstić information content (AvgIpc) is 2.56. The van der Waals surface area contributed by atoms with Crippen molar-refractivity contribution in [3.8, 4) is 0 Å². The lowest BCUT2D eigenvalue weighted by Gasteiger charge is -1.89. The molecule has 0 fully saturated rings. The predicted octanol–water partition coefficient (Wildman–Crippen LogP) is 5.20. The van der Waals surface area contributed by atoms with E-state index in [0.29, 0.717) is 0 Å². The summed E-state index contributed by atoms with van der Waals surface area (Å²) >= 11 is 0. The molecule has 0 radical (unpaired) electrons. The lowest BCUT2D eigenvalue weighted by molar-refractivity contribution is 0.275. The Labute approximate surface area is 183 Å². The molecular formula is C12H36N3O4PS6. The molecule has 0 heterocycles. The molecule has 0 aromatic carbocycles. The van der Waals surface area contributed by atoms with E-state index < -0.39 is 7.82 Å². The van der Waals surface area contributed by atoms with Crippen LogP contribution in [-0.2, 0) is 4.57 Å². The highest BCUT2D eigenvalue weighted by molar-refractivity contribution is 8.76. The lowest BCUT2D eigenvalue weighted by atomic mass is 10.4. The van der Waals surface area contributed by atoms with Crippen molar-refractivity contribution in [2.45, 2.75) is 59.3 Å². The average molecular weight is 510 g/mol. The second-order valence-corrected chi connectivity index (χ2v) is 11.7. The van der Waals surface area contributed by atoms with Crippen LogP contribution >= 0.6 is 73.1 Å². The van der Waals surface area contributed by atoms with Crippen molar-refractivity contribution < 1.29 is 19.2 Å². The monoisotopic (exact) mass is 509 g/mol. The molecule has 9 N–H and O–H groups in total. The van der Waals surface area contributed by atoms with Crippen molar-refractivity contribution in [2.24, 2.45) is 15.4 Å². The summed E-state index contributed by atoms with van der Waals surface area (Å²) in [7, 11) is 4.62. The molecule has 14 heteroatoms. The second-order valence-electron chi connectivity index (χ2n) is 4.33. The van der Waals surface area contributed by atoms with E-state index in [1.54, 1.807) is 32.4 Å². The molecule has 0 aromatic heterocycles. The van der Waals surface area contributed by atoms with Crippen molar-refractivity contribution in [3.05, 3.63) is 0 Å². The van der Waals surface area contributed by atoms with Gasteiger partial charge in [0.15, 0.2) is 0 Å². The summed E-state index contributed by atoms with van der Waals surface area (Å²) in [6, 6.07) is 0. The summed E-state index contributed by atoms with van der Waals surface area (Å²) in [5.41, 5.74) is 0. The van der Waals surface area contributed by atoms with Gasteiger partial charge in [-0.3, -0.25) is 15.4 Å². The lowest BCUT2D eigenvalue weighted by Crippen LogP contribution is -1.75. The van der Waals surface area contributed by atoms with E-state index in [9.17, 15) is 0 Å². The third kappa shape index (κ3) is 82.7. The van der Waals surface area contributed by atoms with Crippen LogP contribution in [-0.4, -0.2) is 31.9 Å². The van der Waals surface area contributed by atoms with E-state index in [-0.39, 0.29) is 0 Å². The molecule has 0 atom stereocenters. The summed E-state index contributed by atoms with van der Waals surface area (Å²) in [6.45, 7) is 6.55. The van der Waals surface area contributed by atoms with Gasteiger partial charge in [0.2, 0.25) is 0 Å². The minimum atomic E-state index is -4.64. The maximum atomic E-state index is 8.88. The van der Waals surface area contributed by atoms with E-state index in [2.05, 4.69) is 20.8 Å². The summed E-state index contributed by atoms with van der Waals surface area (Å²) in [5, 5.41) is 15.4. The molecule has 26 heavy (non-hydrogen) atoms. The van der Waals surface area contributed by atoms with E-state index in [4.69, 9.17) is 34.7 Å². The van der Waals surface area contributed by atoms with E-state index in [0.717, 1.165) is 0 Å². The van der Waals surface area contributed by atoms with Gasteiger partial charge in [-0.05, 0) is 52.2 Å². The standard InChI is InChI=1S/3C4H11NS2.H3O4P/c3*1-2-3-4-6-7-5;1-5(2,3)4/h3*2-5H2,1H3;(H3,1,2,3,4). The van der Waals surface area contributed by atoms with Crippen molar-refractivity contribution in [1.29, 1.82) is 0 Å². The number of nitrogens with two attached hydrogens (primary N) is 3. The van der Waals surface area contributed by atoms with Crippen LogP contribution in [0, 0.1) is 0 Å². The van der Waals surface area contributed by atoms with Crippen LogP contribution in [0.2, 0.25) is 0 Å². The third-order valence-electron chi connectivity index (χ3n) is 1.95. The van der Waals surface area contributed by atoms with Gasteiger partial charge in [0, 0.05) is 17.3 Å². The molecule has 0 bridgehead atoms. The fourth-order valence-electron chi connectivity index (χ4n) is 0.754. The zero-order valence-electron chi connectivity index (χ0n) is 15.7. The summed E-state index contributed by atoms with van der Waals surface area (Å²) < 4.78 is 8.88. The number of hydrogen-bond donors (Lipinski definition) is 6. The molecule has 0 unspecified atom stereocenters. The number of unbranched alkanes of at least 4 members (excludes halogenated alkanes) is 3. The number of phosphoric acid groups is 1. The Hall–Kier alpha value is 2.09. The number of hydrogen-bond acceptors (Lipinski definition) is 10. The largest absolute Gasteiger partial charge is 0.466 e. The van der Waals surface area contributed by atoms with E-state index >= 15 is 0 Å². The Balaban J connectivity index is -0.000000125. The van der Waals surface area contributed by atoms with Gasteiger partial charge in [0.05, 0.1) is 0 Å². The normalized spacial score (nSPS) is 9.88. The van der Waals surface area contributed by atoms with Gasteiger partial charge in [0.1, 0.15) is 0 Å². The van der Waals surface area contributed by atoms with Crippen LogP contribution in [0.3, 0.4) is 0 Å². The van der Waals surface area contributed by atoms with Gasteiger partial charge in [-0.15, -0.1) is 0 Å². The summed E-state index contributed by atoms with van der Waals surface area (Å²) in [5.74, 6) is 3.58. The molecule has 0 saturated carbocycles. The van der Waals surface area contributed by atoms with Crippen molar-refractivity contribution in [3.63, 3.8) is 0 Å². The Bertz CT molecular complexity index is 227. The molecule has 0 aliphatic heterocycles. The summed E-state index contributed by atoms with van der Waals surface area (Å²) in [6.07, 6.45) is 7.67. The Morgan fingerprint density at radius 3 is 0.962 bits per heavy atom. The first kappa shape index (κ1) is 35.5. The Kier molecular flexibility index (Phi) is 47.3. The highest BCUT2D eigenvalue weighted by Crippen LogP contribution is 2.25. The first-order valence-electron chi connectivity index (χ1n) is 7.98. The molecule has 7 nitrogen and oxygen atoms in total. The van der Waals surface area contributed by atoms with Crippen LogP contribution in [0.25, 0.3) is 0 Å². The van der Waals surface area contributed by atoms with Gasteiger partial charge >= 0.3 is 7.82 Å². The van der Waals surface area contributed by atoms with Gasteiger partial charge in [-0.1, -0.05) is 72.4 Å². The molecule has 0 spiro atoms. The Morgan fingerprint density at radius 1 is 0.654 bits per heavy atom. The van der Waals surface area contributed by atoms with Crippen molar-refractivity contribution in [2.75, 3.05) is 17.3 Å². The maximum Gasteiger partial charge on any atom is 0.466 e. The van der Waals surface area contributed by atoms with Crippen LogP contribution in [0.4, 0.5) is 0 Å². The van der Waals surface area contributed by atoms with Gasteiger partial charge in [-0.2, -0.15) is 0 Å². The smallest absolute Gasteiger partial charge is 0.303 e. The molecular weight excluding hydrogens is 474 g/mol. The zero-order chi connectivity index (χ0) is 21.1. The van der Waals surface area contributed by atoms with Crippen LogP contribution < -0.4 is 15.4 Å². The van der Waals surface area contributed by atoms with Crippen molar-refractivity contribution in [1.82, 2.24) is 0 Å². The predicted molar refractivity (Wildman–Crippen MR) is 132 cm³/mol. The molecule has 0 amide bonds. The van der Waals surface area contributed by atoms with E-state index in [1.807, 2.05) is 0 Å². The Morgan fingerprint density at radius 2 is 0.846 bits per heavy atom. The SMILES string of the molecule is CCCCSSN.CCCCSSN.CCCCSSN.O=P(O)(O)O. The zero-order valence-corrected chi connectivity index (χ0v) is 21.5. The maximum absolute atomic E-state index is 8.88. The first-order chi connectivity index (χ1) is 12.2. The number of rotatable bonds is 12. The van der Waals surface area contributed by atoms with Crippen LogP contribution in [0.5, 0.6) is 0 Å². The van der Waals surface area contributed by atoms with Gasteiger partial charge in [0.25, 0.3) is 0 Å². The molecule has 0 saturated heterocycles. The van der Waals surface area contributed by atoms with Crippen LogP contribution in [0.15, 0.2) is 0 Å². The van der Waals surface area contributed by atoms with Crippen molar-refractivity contribution >= 4 is 73.1 Å². The molecule has 0 aliphatic rings. The third-order valence-corrected chi connectivity index (χ3v) is 6.45. The summed E-state index contributed by atoms with van der Waals surface area (Å²) in [4.78, 5) is 21.6. The fourth-order valence-corrected chi connectivity index (χ4v) is 4.19. The van der Waals surface area contributed by atoms with Crippen LogP contribution in [0.1, 0.15) is 59.3 Å². The quantitative estimate of drug-likeness (QED) is 0.0884. The van der Waals surface area contributed by atoms with E-state index in [1.165, 1.54) is 88.7 Å². The van der Waals surface area contributed by atoms with Gasteiger partial charge in [-0.25, -0.2) is 4.57 Å². The molecule has 0 aliphatic carbocycles. The first-order valence-corrected chi connectivity index (χ1v) is 16.7. The minimum Gasteiger partial charge on any atom is -0.303 e. The molecule has 0 aromatic rings. The molecule has 164 valence electrons. The van der Waals surface area contributed by atoms with Gasteiger partial charge < -0.3 is 14.7 Å². The minimum absolute atomic E-state index is 1.19. The highest BCUT2D eigenvalue weighted by Gasteiger charge is 2.00. The highest BCUT2D eigenvalue weighted by atomic mass is 33.1.